The molecule has 1 aliphatic rings. The predicted octanol–water partition coefficient (Wildman–Crippen LogP) is 1.64. The van der Waals surface area contributed by atoms with E-state index in [1.165, 1.54) is 12.5 Å². The van der Waals surface area contributed by atoms with Crippen LogP contribution in [-0.2, 0) is 9.53 Å². The zero-order chi connectivity index (χ0) is 13.4. The fraction of sp³-hybridized carbons (Fsp3) is 0.786. The average Bonchev–Trinajstić information content (AvgIpc) is 2.35. The fourth-order valence-corrected chi connectivity index (χ4v) is 2.64. The van der Waals surface area contributed by atoms with Crippen LogP contribution in [0.15, 0.2) is 12.2 Å². The molecule has 0 aromatic rings. The molecule has 4 nitrogen and oxygen atoms in total. The maximum absolute atomic E-state index is 11.1. The molecule has 1 rings (SSSR count). The number of aliphatic hydroxyl groups is 1. The van der Waals surface area contributed by atoms with Crippen LogP contribution >= 0.6 is 0 Å². The molecule has 2 atom stereocenters. The predicted molar refractivity (Wildman–Crippen MR) is 71.2 cm³/mol. The van der Waals surface area contributed by atoms with Crippen LogP contribution in [0.1, 0.15) is 39.5 Å². The van der Waals surface area contributed by atoms with Gasteiger partial charge in [0.05, 0.1) is 13.2 Å². The molecule has 1 fully saturated rings. The number of esters is 1. The molecule has 1 aliphatic carbocycles. The van der Waals surface area contributed by atoms with E-state index in [1.807, 2.05) is 0 Å². The van der Waals surface area contributed by atoms with E-state index in [9.17, 15) is 9.90 Å². The van der Waals surface area contributed by atoms with Crippen molar-refractivity contribution in [3.63, 3.8) is 0 Å². The molecule has 2 N–H and O–H groups in total. The van der Waals surface area contributed by atoms with Gasteiger partial charge in [0.2, 0.25) is 0 Å². The molecule has 0 aliphatic heterocycles. The number of carbonyl (C=O) groups excluding carboxylic acids is 1. The molecule has 0 spiro atoms. The Morgan fingerprint density at radius 2 is 2.39 bits per heavy atom. The zero-order valence-corrected chi connectivity index (χ0v) is 11.4. The number of ether oxygens (including phenoxy) is 1. The first kappa shape index (κ1) is 15.2. The molecule has 4 heteroatoms. The topological polar surface area (TPSA) is 58.6 Å². The largest absolute Gasteiger partial charge is 0.463 e. The molecule has 0 aromatic carbocycles. The van der Waals surface area contributed by atoms with Gasteiger partial charge in [0.15, 0.2) is 0 Å². The van der Waals surface area contributed by atoms with Crippen LogP contribution in [0.3, 0.4) is 0 Å². The van der Waals surface area contributed by atoms with E-state index in [0.29, 0.717) is 19.1 Å². The first-order valence-corrected chi connectivity index (χ1v) is 6.81. The average molecular weight is 255 g/mol. The van der Waals surface area contributed by atoms with Crippen molar-refractivity contribution in [3.8, 4) is 0 Å². The molecular formula is C14H25NO3. The highest BCUT2D eigenvalue weighted by atomic mass is 16.5. The van der Waals surface area contributed by atoms with Gasteiger partial charge in [-0.1, -0.05) is 25.8 Å². The van der Waals surface area contributed by atoms with E-state index in [-0.39, 0.29) is 18.1 Å². The summed E-state index contributed by atoms with van der Waals surface area (Å²) in [5.74, 6) is 0.335. The van der Waals surface area contributed by atoms with Gasteiger partial charge in [-0.25, -0.2) is 4.79 Å². The molecule has 18 heavy (non-hydrogen) atoms. The first-order chi connectivity index (χ1) is 8.62. The Bertz CT molecular complexity index is 291. The van der Waals surface area contributed by atoms with Crippen LogP contribution in [0.5, 0.6) is 0 Å². The smallest absolute Gasteiger partial charge is 0.330 e. The first-order valence-electron chi connectivity index (χ1n) is 6.81. The maximum Gasteiger partial charge on any atom is 0.330 e. The maximum atomic E-state index is 11.1. The van der Waals surface area contributed by atoms with Crippen LogP contribution in [0.25, 0.3) is 0 Å². The van der Waals surface area contributed by atoms with Gasteiger partial charge in [0, 0.05) is 18.2 Å². The fourth-order valence-electron chi connectivity index (χ4n) is 2.64. The minimum atomic E-state index is -0.311. The Morgan fingerprint density at radius 3 is 3.00 bits per heavy atom. The van der Waals surface area contributed by atoms with Gasteiger partial charge in [-0.3, -0.25) is 0 Å². The Balaban J connectivity index is 2.37. The normalized spacial score (nSPS) is 28.5. The van der Waals surface area contributed by atoms with Gasteiger partial charge in [0.1, 0.15) is 0 Å². The quantitative estimate of drug-likeness (QED) is 0.559. The van der Waals surface area contributed by atoms with Crippen molar-refractivity contribution in [1.82, 2.24) is 5.32 Å². The number of hydrogen-bond acceptors (Lipinski definition) is 4. The lowest BCUT2D eigenvalue weighted by Crippen LogP contribution is -2.51. The third kappa shape index (κ3) is 4.78. The van der Waals surface area contributed by atoms with Crippen molar-refractivity contribution in [3.05, 3.63) is 12.2 Å². The van der Waals surface area contributed by atoms with Crippen LogP contribution in [0, 0.1) is 5.92 Å². The molecule has 104 valence electrons. The lowest BCUT2D eigenvalue weighted by atomic mass is 9.77. The van der Waals surface area contributed by atoms with Crippen LogP contribution < -0.4 is 5.32 Å². The molecule has 0 bridgehead atoms. The number of hydrogen-bond donors (Lipinski definition) is 2. The molecule has 0 heterocycles. The molecule has 2 unspecified atom stereocenters. The summed E-state index contributed by atoms with van der Waals surface area (Å²) in [7, 11) is 0. The molecular weight excluding hydrogens is 230 g/mol. The SMILES string of the molecule is CCOC(=O)/C=C/CNC1(CO)CCCC(C)C1. The minimum absolute atomic E-state index is 0.157. The minimum Gasteiger partial charge on any atom is -0.463 e. The van der Waals surface area contributed by atoms with Crippen LogP contribution in [-0.4, -0.2) is 36.4 Å². The Morgan fingerprint density at radius 1 is 1.61 bits per heavy atom. The second-order valence-electron chi connectivity index (χ2n) is 5.18. The molecule has 0 radical (unpaired) electrons. The van der Waals surface area contributed by atoms with Gasteiger partial charge in [-0.15, -0.1) is 0 Å². The number of nitrogens with one attached hydrogen (secondary N) is 1. The number of carbonyl (C=O) groups is 1. The van der Waals surface area contributed by atoms with Crippen molar-refractivity contribution in [2.24, 2.45) is 5.92 Å². The van der Waals surface area contributed by atoms with E-state index in [0.717, 1.165) is 19.3 Å². The zero-order valence-electron chi connectivity index (χ0n) is 11.4. The molecule has 0 saturated heterocycles. The summed E-state index contributed by atoms with van der Waals surface area (Å²) in [5.41, 5.74) is -0.170. The summed E-state index contributed by atoms with van der Waals surface area (Å²) >= 11 is 0. The molecule has 0 aromatic heterocycles. The highest BCUT2D eigenvalue weighted by Crippen LogP contribution is 2.31. The third-order valence-electron chi connectivity index (χ3n) is 3.53. The highest BCUT2D eigenvalue weighted by molar-refractivity contribution is 5.81. The summed E-state index contributed by atoms with van der Waals surface area (Å²) in [5, 5.41) is 12.9. The van der Waals surface area contributed by atoms with Crippen LogP contribution in [0.4, 0.5) is 0 Å². The standard InChI is InChI=1S/C14H25NO3/c1-3-18-13(17)7-5-9-15-14(11-16)8-4-6-12(2)10-14/h5,7,12,15-16H,3-4,6,8-11H2,1-2H3/b7-5+. The van der Waals surface area contributed by atoms with E-state index in [2.05, 4.69) is 12.2 Å². The Kier molecular flexibility index (Phi) is 6.36. The summed E-state index contributed by atoms with van der Waals surface area (Å²) < 4.78 is 4.80. The lowest BCUT2D eigenvalue weighted by Gasteiger charge is -2.39. The van der Waals surface area contributed by atoms with Gasteiger partial charge in [-0.05, 0) is 25.7 Å². The number of rotatable bonds is 6. The van der Waals surface area contributed by atoms with E-state index >= 15 is 0 Å². The van der Waals surface area contributed by atoms with Crippen molar-refractivity contribution < 1.29 is 14.6 Å². The van der Waals surface area contributed by atoms with E-state index in [4.69, 9.17) is 4.74 Å². The van der Waals surface area contributed by atoms with Crippen molar-refractivity contribution in [2.75, 3.05) is 19.8 Å². The highest BCUT2D eigenvalue weighted by Gasteiger charge is 2.33. The Hall–Kier alpha value is -0.870. The van der Waals surface area contributed by atoms with Crippen LogP contribution in [0.2, 0.25) is 0 Å². The lowest BCUT2D eigenvalue weighted by molar-refractivity contribution is -0.137. The van der Waals surface area contributed by atoms with E-state index < -0.39 is 0 Å². The second kappa shape index (κ2) is 7.54. The van der Waals surface area contributed by atoms with Crippen molar-refractivity contribution in [1.29, 1.82) is 0 Å². The molecule has 0 amide bonds. The van der Waals surface area contributed by atoms with Gasteiger partial charge < -0.3 is 15.2 Å². The van der Waals surface area contributed by atoms with Crippen molar-refractivity contribution in [2.45, 2.75) is 45.1 Å². The second-order valence-corrected chi connectivity index (χ2v) is 5.18. The van der Waals surface area contributed by atoms with Gasteiger partial charge in [-0.2, -0.15) is 0 Å². The van der Waals surface area contributed by atoms with Gasteiger partial charge in [0.25, 0.3) is 0 Å². The van der Waals surface area contributed by atoms with Crippen molar-refractivity contribution >= 4 is 5.97 Å². The van der Waals surface area contributed by atoms with E-state index in [1.54, 1.807) is 13.0 Å². The third-order valence-corrected chi connectivity index (χ3v) is 3.53. The summed E-state index contributed by atoms with van der Waals surface area (Å²) in [6.07, 6.45) is 7.58. The molecule has 1 saturated carbocycles. The summed E-state index contributed by atoms with van der Waals surface area (Å²) in [4.78, 5) is 11.1. The monoisotopic (exact) mass is 255 g/mol. The Labute approximate surface area is 109 Å². The summed E-state index contributed by atoms with van der Waals surface area (Å²) in [6, 6.07) is 0. The van der Waals surface area contributed by atoms with Gasteiger partial charge >= 0.3 is 5.97 Å². The number of aliphatic hydroxyl groups excluding tert-OH is 1. The summed E-state index contributed by atoms with van der Waals surface area (Å²) in [6.45, 7) is 5.15.